The molecule has 0 aromatic heterocycles. The lowest BCUT2D eigenvalue weighted by molar-refractivity contribution is 1.28. The van der Waals surface area contributed by atoms with Gasteiger partial charge in [0.05, 0.1) is 0 Å². The van der Waals surface area contributed by atoms with E-state index < -0.39 is 0 Å². The van der Waals surface area contributed by atoms with Gasteiger partial charge in [-0.3, -0.25) is 0 Å². The van der Waals surface area contributed by atoms with Gasteiger partial charge in [0, 0.05) is 17.1 Å². The van der Waals surface area contributed by atoms with Crippen molar-refractivity contribution in [2.24, 2.45) is 0 Å². The molecule has 0 radical (unpaired) electrons. The number of aryl methyl sites for hydroxylation is 2. The molecule has 0 unspecified atom stereocenters. The number of benzene rings is 8. The molecule has 0 heterocycles. The Hall–Kier alpha value is -6.44. The quantitative estimate of drug-likeness (QED) is 0.158. The maximum absolute atomic E-state index is 2.35. The average Bonchev–Trinajstić information content (AvgIpc) is 3.19. The fourth-order valence-corrected chi connectivity index (χ4v) is 7.06. The molecule has 0 saturated carbocycles. The zero-order valence-electron chi connectivity index (χ0n) is 29.0. The van der Waals surface area contributed by atoms with Crippen LogP contribution in [0, 0.1) is 13.8 Å². The van der Waals surface area contributed by atoms with Gasteiger partial charge in [0.1, 0.15) is 0 Å². The van der Waals surface area contributed by atoms with Crippen molar-refractivity contribution in [3.05, 3.63) is 211 Å². The standard InChI is InChI=1S/C50H39N/c1-36-12-10-16-42(34-36)49-20-8-6-18-47(49)40-24-30-45(31-25-40)51(44-28-22-39(23-29-44)38-14-4-3-5-15-38)46-32-26-41(27-33-46)48-19-7-9-21-50(48)43-17-11-13-37(2)35-43/h3-35H,1-2H3. The minimum Gasteiger partial charge on any atom is -0.311 e. The fraction of sp³-hybridized carbons (Fsp3) is 0.0400. The summed E-state index contributed by atoms with van der Waals surface area (Å²) in [6.07, 6.45) is 0. The van der Waals surface area contributed by atoms with Crippen molar-refractivity contribution in [1.29, 1.82) is 0 Å². The molecule has 1 heteroatoms. The van der Waals surface area contributed by atoms with Crippen LogP contribution in [-0.4, -0.2) is 0 Å². The molecular formula is C50H39N. The Labute approximate surface area is 301 Å². The summed E-state index contributed by atoms with van der Waals surface area (Å²) in [6, 6.07) is 72.3. The molecular weight excluding hydrogens is 615 g/mol. The molecule has 0 amide bonds. The Kier molecular flexibility index (Phi) is 8.85. The minimum atomic E-state index is 1.10. The lowest BCUT2D eigenvalue weighted by Crippen LogP contribution is -2.09. The van der Waals surface area contributed by atoms with Crippen molar-refractivity contribution in [1.82, 2.24) is 0 Å². The predicted molar refractivity (Wildman–Crippen MR) is 218 cm³/mol. The fourth-order valence-electron chi connectivity index (χ4n) is 7.06. The molecule has 0 N–H and O–H groups in total. The minimum absolute atomic E-state index is 1.10. The van der Waals surface area contributed by atoms with E-state index in [-0.39, 0.29) is 0 Å². The summed E-state index contributed by atoms with van der Waals surface area (Å²) in [5, 5.41) is 0. The first-order valence-corrected chi connectivity index (χ1v) is 17.6. The molecule has 8 rings (SSSR count). The lowest BCUT2D eigenvalue weighted by atomic mass is 9.93. The van der Waals surface area contributed by atoms with E-state index in [0.29, 0.717) is 0 Å². The van der Waals surface area contributed by atoms with Crippen LogP contribution in [0.15, 0.2) is 200 Å². The molecule has 51 heavy (non-hydrogen) atoms. The van der Waals surface area contributed by atoms with E-state index >= 15 is 0 Å². The summed E-state index contributed by atoms with van der Waals surface area (Å²) in [7, 11) is 0. The van der Waals surface area contributed by atoms with Crippen molar-refractivity contribution in [2.75, 3.05) is 4.90 Å². The first-order valence-electron chi connectivity index (χ1n) is 17.6. The van der Waals surface area contributed by atoms with Crippen LogP contribution in [0.1, 0.15) is 11.1 Å². The Morgan fingerprint density at radius 3 is 0.961 bits per heavy atom. The van der Waals surface area contributed by atoms with Crippen LogP contribution in [0.25, 0.3) is 55.6 Å². The Morgan fingerprint density at radius 1 is 0.255 bits per heavy atom. The van der Waals surface area contributed by atoms with Crippen LogP contribution in [-0.2, 0) is 0 Å². The Morgan fingerprint density at radius 2 is 0.569 bits per heavy atom. The Balaban J connectivity index is 1.18. The maximum atomic E-state index is 2.35. The summed E-state index contributed by atoms with van der Waals surface area (Å²) < 4.78 is 0. The van der Waals surface area contributed by atoms with Gasteiger partial charge in [-0.05, 0) is 106 Å². The summed E-state index contributed by atoms with van der Waals surface area (Å²) in [6.45, 7) is 4.30. The van der Waals surface area contributed by atoms with E-state index in [9.17, 15) is 0 Å². The van der Waals surface area contributed by atoms with E-state index in [1.54, 1.807) is 0 Å². The third-order valence-corrected chi connectivity index (χ3v) is 9.62. The highest BCUT2D eigenvalue weighted by Crippen LogP contribution is 2.40. The van der Waals surface area contributed by atoms with Crippen molar-refractivity contribution in [3.8, 4) is 55.6 Å². The second-order valence-corrected chi connectivity index (χ2v) is 13.2. The molecule has 0 atom stereocenters. The molecule has 0 aliphatic rings. The van der Waals surface area contributed by atoms with Crippen LogP contribution in [0.5, 0.6) is 0 Å². The van der Waals surface area contributed by atoms with Gasteiger partial charge < -0.3 is 4.90 Å². The summed E-state index contributed by atoms with van der Waals surface area (Å²) in [5.74, 6) is 0. The van der Waals surface area contributed by atoms with E-state index in [0.717, 1.165) is 17.1 Å². The highest BCUT2D eigenvalue weighted by molar-refractivity contribution is 5.87. The van der Waals surface area contributed by atoms with Crippen LogP contribution in [0.4, 0.5) is 17.1 Å². The van der Waals surface area contributed by atoms with Crippen molar-refractivity contribution in [2.45, 2.75) is 13.8 Å². The summed E-state index contributed by atoms with van der Waals surface area (Å²) in [4.78, 5) is 2.35. The zero-order valence-corrected chi connectivity index (χ0v) is 29.0. The number of hydrogen-bond donors (Lipinski definition) is 0. The van der Waals surface area contributed by atoms with E-state index in [1.165, 1.54) is 66.8 Å². The van der Waals surface area contributed by atoms with E-state index in [4.69, 9.17) is 0 Å². The highest BCUT2D eigenvalue weighted by Gasteiger charge is 2.16. The van der Waals surface area contributed by atoms with Crippen LogP contribution >= 0.6 is 0 Å². The maximum Gasteiger partial charge on any atom is 0.0462 e. The average molecular weight is 654 g/mol. The largest absolute Gasteiger partial charge is 0.311 e. The number of nitrogens with zero attached hydrogens (tertiary/aromatic N) is 1. The van der Waals surface area contributed by atoms with Crippen molar-refractivity contribution < 1.29 is 0 Å². The van der Waals surface area contributed by atoms with Gasteiger partial charge in [0.2, 0.25) is 0 Å². The van der Waals surface area contributed by atoms with Gasteiger partial charge >= 0.3 is 0 Å². The molecule has 1 nitrogen and oxygen atoms in total. The van der Waals surface area contributed by atoms with Crippen LogP contribution in [0.2, 0.25) is 0 Å². The molecule has 244 valence electrons. The normalized spacial score (nSPS) is 10.9. The van der Waals surface area contributed by atoms with Crippen LogP contribution in [0.3, 0.4) is 0 Å². The Bertz CT molecular complexity index is 2270. The zero-order chi connectivity index (χ0) is 34.6. The number of anilines is 3. The first kappa shape index (κ1) is 31.8. The topological polar surface area (TPSA) is 3.24 Å². The van der Waals surface area contributed by atoms with Gasteiger partial charge in [0.25, 0.3) is 0 Å². The lowest BCUT2D eigenvalue weighted by Gasteiger charge is -2.26. The van der Waals surface area contributed by atoms with Gasteiger partial charge in [-0.15, -0.1) is 0 Å². The van der Waals surface area contributed by atoms with Gasteiger partial charge in [0.15, 0.2) is 0 Å². The SMILES string of the molecule is Cc1cccc(-c2ccccc2-c2ccc(N(c3ccc(-c4ccccc4)cc3)c3ccc(-c4ccccc4-c4cccc(C)c4)cc3)cc2)c1. The smallest absolute Gasteiger partial charge is 0.0462 e. The van der Waals surface area contributed by atoms with Crippen LogP contribution < -0.4 is 4.90 Å². The summed E-state index contributed by atoms with van der Waals surface area (Å²) in [5.41, 5.74) is 18.0. The molecule has 8 aromatic rings. The van der Waals surface area contributed by atoms with Crippen molar-refractivity contribution >= 4 is 17.1 Å². The molecule has 0 fully saturated rings. The second-order valence-electron chi connectivity index (χ2n) is 13.2. The molecule has 0 saturated heterocycles. The third-order valence-electron chi connectivity index (χ3n) is 9.62. The third kappa shape index (κ3) is 6.75. The monoisotopic (exact) mass is 653 g/mol. The first-order chi connectivity index (χ1) is 25.1. The number of rotatable bonds is 8. The highest BCUT2D eigenvalue weighted by atomic mass is 15.1. The van der Waals surface area contributed by atoms with Gasteiger partial charge in [-0.2, -0.15) is 0 Å². The summed E-state index contributed by atoms with van der Waals surface area (Å²) >= 11 is 0. The molecule has 8 aromatic carbocycles. The molecule has 0 bridgehead atoms. The van der Waals surface area contributed by atoms with Crippen molar-refractivity contribution in [3.63, 3.8) is 0 Å². The number of hydrogen-bond acceptors (Lipinski definition) is 1. The second kappa shape index (κ2) is 14.2. The predicted octanol–water partition coefficient (Wildman–Crippen LogP) is 14.1. The molecule has 0 aliphatic carbocycles. The molecule has 0 spiro atoms. The molecule has 0 aliphatic heterocycles. The van der Waals surface area contributed by atoms with Gasteiger partial charge in [-0.25, -0.2) is 0 Å². The van der Waals surface area contributed by atoms with E-state index in [1.807, 2.05) is 0 Å². The van der Waals surface area contributed by atoms with E-state index in [2.05, 4.69) is 219 Å². The van der Waals surface area contributed by atoms with Gasteiger partial charge in [-0.1, -0.05) is 175 Å².